The summed E-state index contributed by atoms with van der Waals surface area (Å²) in [6.45, 7) is 3.13. The molecule has 2 atom stereocenters. The summed E-state index contributed by atoms with van der Waals surface area (Å²) in [4.78, 5) is 59.8. The van der Waals surface area contributed by atoms with E-state index in [0.29, 0.717) is 0 Å². The van der Waals surface area contributed by atoms with Gasteiger partial charge in [-0.15, -0.1) is 0 Å². The number of aliphatic carboxylic acids is 1. The number of hydrogen-bond donors (Lipinski definition) is 5. The largest absolute Gasteiger partial charge is 0.548 e. The van der Waals surface area contributed by atoms with Gasteiger partial charge >= 0.3 is 13.1 Å². The summed E-state index contributed by atoms with van der Waals surface area (Å²) in [5.74, 6) is -6.79. The first-order valence-corrected chi connectivity index (χ1v) is 11.4. The summed E-state index contributed by atoms with van der Waals surface area (Å²) < 4.78 is 4.99. The van der Waals surface area contributed by atoms with Crippen LogP contribution in [0.2, 0.25) is 10.0 Å². The molecule has 0 spiro atoms. The second-order valence-electron chi connectivity index (χ2n) is 8.11. The maximum absolute atomic E-state index is 12.4. The van der Waals surface area contributed by atoms with Gasteiger partial charge in [-0.25, -0.2) is 0 Å². The van der Waals surface area contributed by atoms with Gasteiger partial charge in [0.25, 0.3) is 11.9 Å². The van der Waals surface area contributed by atoms with Gasteiger partial charge in [0.1, 0.15) is 0 Å². The average Bonchev–Trinajstić information content (AvgIpc) is 2.77. The molecule has 11 nitrogen and oxygen atoms in total. The first-order valence-electron chi connectivity index (χ1n) is 10.7. The van der Waals surface area contributed by atoms with Crippen LogP contribution in [0.15, 0.2) is 18.2 Å². The van der Waals surface area contributed by atoms with Crippen LogP contribution in [0.25, 0.3) is 0 Å². The van der Waals surface area contributed by atoms with Crippen molar-refractivity contribution in [3.63, 3.8) is 0 Å². The minimum absolute atomic E-state index is 0.0470. The van der Waals surface area contributed by atoms with Crippen molar-refractivity contribution in [2.24, 2.45) is 11.8 Å². The molecule has 0 saturated heterocycles. The van der Waals surface area contributed by atoms with Gasteiger partial charge in [0.05, 0.1) is 35.4 Å². The average molecular weight is 532 g/mol. The lowest BCUT2D eigenvalue weighted by molar-refractivity contribution is -0.148. The van der Waals surface area contributed by atoms with Crippen molar-refractivity contribution in [1.29, 1.82) is 0 Å². The van der Waals surface area contributed by atoms with Crippen LogP contribution in [0, 0.1) is 11.8 Å². The lowest BCUT2D eigenvalue weighted by Crippen LogP contribution is -2.52. The van der Waals surface area contributed by atoms with Crippen LogP contribution in [0.4, 0.5) is 0 Å². The quantitative estimate of drug-likeness (QED) is 0.235. The fourth-order valence-electron chi connectivity index (χ4n) is 3.01. The number of carboxylic acids is 1. The van der Waals surface area contributed by atoms with E-state index in [0.717, 1.165) is 0 Å². The molecule has 5 N–H and O–H groups in total. The zero-order chi connectivity index (χ0) is 26.7. The molecule has 14 heteroatoms. The number of hydrogen-bond acceptors (Lipinski definition) is 7. The zero-order valence-corrected chi connectivity index (χ0v) is 21.0. The maximum Gasteiger partial charge on any atom is 0.548 e. The third-order valence-corrected chi connectivity index (χ3v) is 5.27. The lowest BCUT2D eigenvalue weighted by atomic mass is 9.74. The van der Waals surface area contributed by atoms with Crippen molar-refractivity contribution < 1.29 is 38.8 Å². The minimum atomic E-state index is -1.83. The van der Waals surface area contributed by atoms with Crippen LogP contribution in [0.1, 0.15) is 43.5 Å². The molecule has 0 aromatic heterocycles. The number of halogens is 2. The minimum Gasteiger partial charge on any atom is -0.508 e. The van der Waals surface area contributed by atoms with Crippen molar-refractivity contribution in [2.45, 2.75) is 39.1 Å². The predicted octanol–water partition coefficient (Wildman–Crippen LogP) is 1.04. The molecule has 0 radical (unpaired) electrons. The van der Waals surface area contributed by atoms with Gasteiger partial charge in [0.15, 0.2) is 0 Å². The lowest BCUT2D eigenvalue weighted by Gasteiger charge is -2.24. The number of carboxylic acid groups (broad SMARTS) is 1. The molecule has 192 valence electrons. The maximum atomic E-state index is 12.4. The Hall–Kier alpha value is -2.83. The van der Waals surface area contributed by atoms with E-state index in [-0.39, 0.29) is 27.9 Å². The Morgan fingerprint density at radius 3 is 2.31 bits per heavy atom. The predicted molar refractivity (Wildman–Crippen MR) is 129 cm³/mol. The molecule has 0 aliphatic carbocycles. The van der Waals surface area contributed by atoms with Gasteiger partial charge in [0, 0.05) is 18.5 Å². The van der Waals surface area contributed by atoms with Gasteiger partial charge in [0.2, 0.25) is 11.8 Å². The second-order valence-corrected chi connectivity index (χ2v) is 8.95. The Kier molecular flexibility index (Phi) is 12.6. The molecule has 1 aromatic rings. The highest BCUT2D eigenvalue weighted by Crippen LogP contribution is 2.20. The van der Waals surface area contributed by atoms with E-state index in [1.807, 2.05) is 0 Å². The Balaban J connectivity index is 2.81. The van der Waals surface area contributed by atoms with E-state index >= 15 is 0 Å². The summed E-state index contributed by atoms with van der Waals surface area (Å²) in [5.41, 5.74) is 0.0697. The molecule has 0 fully saturated rings. The highest BCUT2D eigenvalue weighted by atomic mass is 35.5. The summed E-state index contributed by atoms with van der Waals surface area (Å²) in [7, 11) is -0.499. The summed E-state index contributed by atoms with van der Waals surface area (Å²) >= 11 is 11.8. The molecule has 35 heavy (non-hydrogen) atoms. The smallest absolute Gasteiger partial charge is 0.508 e. The van der Waals surface area contributed by atoms with Gasteiger partial charge in [-0.1, -0.05) is 37.0 Å². The summed E-state index contributed by atoms with van der Waals surface area (Å²) in [6, 6.07) is 4.28. The van der Waals surface area contributed by atoms with Gasteiger partial charge in [-0.05, 0) is 30.5 Å². The van der Waals surface area contributed by atoms with E-state index in [9.17, 15) is 29.0 Å². The number of rotatable bonds is 13. The SMILES string of the molecule is CNC(=O)CC(CC(=O)O)C(=O)OB(O)[C@H](CC(C)C)NC(=O)CNC(=O)c1cc(Cl)ccc1Cl. The molecule has 0 aliphatic heterocycles. The Morgan fingerprint density at radius 2 is 1.74 bits per heavy atom. The summed E-state index contributed by atoms with van der Waals surface area (Å²) in [5, 5.41) is 27.0. The Morgan fingerprint density at radius 1 is 1.09 bits per heavy atom. The molecule has 0 saturated carbocycles. The number of benzene rings is 1. The van der Waals surface area contributed by atoms with Crippen molar-refractivity contribution in [2.75, 3.05) is 13.6 Å². The molecular weight excluding hydrogens is 504 g/mol. The van der Waals surface area contributed by atoms with Gasteiger partial charge in [-0.3, -0.25) is 24.0 Å². The third kappa shape index (κ3) is 11.0. The standard InChI is InChI=1S/C21H28BCl2N3O8/c1-11(2)6-16(22(34)35-21(33)12(8-19(30)31)7-17(28)25-3)27-18(29)10-26-20(32)14-9-13(23)4-5-15(14)24/h4-5,9,11-12,16,34H,6-8,10H2,1-3H3,(H,25,28)(H,26,32)(H,27,29)(H,30,31)/t12?,16-/m0/s1. The molecule has 1 rings (SSSR count). The highest BCUT2D eigenvalue weighted by molar-refractivity contribution is 6.47. The number of carbonyl (C=O) groups is 5. The van der Waals surface area contributed by atoms with Crippen LogP contribution >= 0.6 is 23.2 Å². The van der Waals surface area contributed by atoms with Gasteiger partial charge < -0.3 is 30.7 Å². The summed E-state index contributed by atoms with van der Waals surface area (Å²) in [6.07, 6.45) is -0.945. The van der Waals surface area contributed by atoms with E-state index in [4.69, 9.17) is 33.0 Å². The molecule has 1 aromatic carbocycles. The van der Waals surface area contributed by atoms with Crippen LogP contribution in [-0.2, 0) is 23.8 Å². The van der Waals surface area contributed by atoms with Crippen molar-refractivity contribution >= 4 is 60.0 Å². The van der Waals surface area contributed by atoms with E-state index in [1.165, 1.54) is 25.2 Å². The molecule has 3 amide bonds. The first kappa shape index (κ1) is 30.2. The monoisotopic (exact) mass is 531 g/mol. The van der Waals surface area contributed by atoms with Crippen LogP contribution in [-0.4, -0.2) is 66.4 Å². The van der Waals surface area contributed by atoms with Crippen LogP contribution in [0.3, 0.4) is 0 Å². The van der Waals surface area contributed by atoms with Crippen molar-refractivity contribution in [3.8, 4) is 0 Å². The molecule has 0 bridgehead atoms. The van der Waals surface area contributed by atoms with Crippen molar-refractivity contribution in [1.82, 2.24) is 16.0 Å². The molecule has 0 aliphatic rings. The Labute approximate surface area is 213 Å². The molecule has 0 heterocycles. The fraction of sp³-hybridized carbons (Fsp3) is 0.476. The topological polar surface area (TPSA) is 171 Å². The number of nitrogens with one attached hydrogen (secondary N) is 3. The molecule has 1 unspecified atom stereocenters. The number of carbonyl (C=O) groups excluding carboxylic acids is 4. The second kappa shape index (κ2) is 14.5. The normalized spacial score (nSPS) is 12.3. The van der Waals surface area contributed by atoms with Crippen LogP contribution < -0.4 is 16.0 Å². The number of amides is 3. The van der Waals surface area contributed by atoms with E-state index in [1.54, 1.807) is 13.8 Å². The van der Waals surface area contributed by atoms with Crippen LogP contribution in [0.5, 0.6) is 0 Å². The van der Waals surface area contributed by atoms with Gasteiger partial charge in [-0.2, -0.15) is 0 Å². The zero-order valence-electron chi connectivity index (χ0n) is 19.5. The van der Waals surface area contributed by atoms with E-state index in [2.05, 4.69) is 16.0 Å². The first-order chi connectivity index (χ1) is 16.3. The third-order valence-electron chi connectivity index (χ3n) is 4.70. The highest BCUT2D eigenvalue weighted by Gasteiger charge is 2.36. The fourth-order valence-corrected chi connectivity index (χ4v) is 3.39. The molecular formula is C21H28BCl2N3O8. The van der Waals surface area contributed by atoms with E-state index < -0.39 is 68.0 Å². The van der Waals surface area contributed by atoms with Crippen molar-refractivity contribution in [3.05, 3.63) is 33.8 Å². The Bertz CT molecular complexity index is 947.